The lowest BCUT2D eigenvalue weighted by Crippen LogP contribution is -2.56. The summed E-state index contributed by atoms with van der Waals surface area (Å²) < 4.78 is 5.03. The maximum absolute atomic E-state index is 12.7. The lowest BCUT2D eigenvalue weighted by molar-refractivity contribution is -0.138. The van der Waals surface area contributed by atoms with Gasteiger partial charge in [0.2, 0.25) is 0 Å². The quantitative estimate of drug-likeness (QED) is 0.778. The van der Waals surface area contributed by atoms with Crippen LogP contribution < -0.4 is 0 Å². The number of urea groups is 1. The molecule has 1 atom stereocenters. The maximum Gasteiger partial charge on any atom is 0.323 e. The Bertz CT molecular complexity index is 326. The molecule has 1 unspecified atom stereocenters. The van der Waals surface area contributed by atoms with Crippen molar-refractivity contribution in [2.24, 2.45) is 0 Å². The van der Waals surface area contributed by atoms with E-state index in [1.807, 2.05) is 34.6 Å². The number of methoxy groups -OCH3 is 1. The fourth-order valence-corrected chi connectivity index (χ4v) is 1.80. The van der Waals surface area contributed by atoms with E-state index in [0.717, 1.165) is 6.42 Å². The Morgan fingerprint density at radius 3 is 2.20 bits per heavy atom. The molecule has 0 radical (unpaired) electrons. The molecule has 2 amide bonds. The second-order valence-electron chi connectivity index (χ2n) is 5.88. The van der Waals surface area contributed by atoms with E-state index in [2.05, 4.69) is 0 Å². The molecular weight excluding hydrogens is 260 g/mol. The van der Waals surface area contributed by atoms with Gasteiger partial charge in [0, 0.05) is 25.2 Å². The number of carbonyl (C=O) groups excluding carboxylic acids is 1. The molecule has 0 aromatic rings. The number of aliphatic carboxylic acids is 1. The van der Waals surface area contributed by atoms with E-state index < -0.39 is 11.5 Å². The Kier molecular flexibility index (Phi) is 7.57. The molecule has 0 saturated heterocycles. The van der Waals surface area contributed by atoms with Crippen LogP contribution in [-0.4, -0.2) is 65.3 Å². The highest BCUT2D eigenvalue weighted by molar-refractivity contribution is 5.81. The van der Waals surface area contributed by atoms with Crippen molar-refractivity contribution in [1.82, 2.24) is 9.80 Å². The van der Waals surface area contributed by atoms with E-state index in [9.17, 15) is 9.59 Å². The lowest BCUT2D eigenvalue weighted by Gasteiger charge is -2.40. The summed E-state index contributed by atoms with van der Waals surface area (Å²) in [5.41, 5.74) is -0.547. The number of hydrogen-bond acceptors (Lipinski definition) is 3. The van der Waals surface area contributed by atoms with Crippen LogP contribution in [-0.2, 0) is 9.53 Å². The van der Waals surface area contributed by atoms with E-state index in [-0.39, 0.29) is 18.6 Å². The van der Waals surface area contributed by atoms with Crippen molar-refractivity contribution >= 4 is 12.0 Å². The number of ether oxygens (including phenoxy) is 1. The topological polar surface area (TPSA) is 70.1 Å². The van der Waals surface area contributed by atoms with Gasteiger partial charge >= 0.3 is 12.0 Å². The van der Waals surface area contributed by atoms with E-state index >= 15 is 0 Å². The van der Waals surface area contributed by atoms with Crippen molar-refractivity contribution in [1.29, 1.82) is 0 Å². The first-order chi connectivity index (χ1) is 9.15. The maximum atomic E-state index is 12.7. The second kappa shape index (κ2) is 8.09. The zero-order valence-corrected chi connectivity index (χ0v) is 13.5. The fourth-order valence-electron chi connectivity index (χ4n) is 1.80. The summed E-state index contributed by atoms with van der Waals surface area (Å²) in [6, 6.07) is -0.220. The summed E-state index contributed by atoms with van der Waals surface area (Å²) in [4.78, 5) is 26.7. The van der Waals surface area contributed by atoms with Crippen LogP contribution in [0.25, 0.3) is 0 Å². The van der Waals surface area contributed by atoms with Gasteiger partial charge < -0.3 is 19.6 Å². The Morgan fingerprint density at radius 1 is 1.30 bits per heavy atom. The summed E-state index contributed by atoms with van der Waals surface area (Å²) in [6.45, 7) is 10.0. The zero-order valence-electron chi connectivity index (χ0n) is 13.5. The average molecular weight is 288 g/mol. The predicted molar refractivity (Wildman–Crippen MR) is 77.8 cm³/mol. The summed E-state index contributed by atoms with van der Waals surface area (Å²) in [6.07, 6.45) is 0.806. The van der Waals surface area contributed by atoms with Crippen LogP contribution in [0.4, 0.5) is 4.79 Å². The number of nitrogens with zero attached hydrogens (tertiary/aromatic N) is 2. The Hall–Kier alpha value is -1.30. The SMILES string of the molecule is CCC(C)N(CCOC)C(=O)N(CC(=O)O)C(C)(C)C. The van der Waals surface area contributed by atoms with Crippen LogP contribution in [0.1, 0.15) is 41.0 Å². The standard InChI is InChI=1S/C14H28N2O4/c1-7-11(2)15(8-9-20-6)13(19)16(10-12(17)18)14(3,4)5/h11H,7-10H2,1-6H3,(H,17,18). The van der Waals surface area contributed by atoms with E-state index in [0.29, 0.717) is 13.2 Å². The van der Waals surface area contributed by atoms with Crippen LogP contribution in [0.15, 0.2) is 0 Å². The van der Waals surface area contributed by atoms with Crippen molar-refractivity contribution in [2.45, 2.75) is 52.6 Å². The first kappa shape index (κ1) is 18.7. The summed E-state index contributed by atoms with van der Waals surface area (Å²) in [5, 5.41) is 9.01. The normalized spacial score (nSPS) is 12.9. The molecule has 0 fully saturated rings. The third-order valence-electron chi connectivity index (χ3n) is 3.24. The van der Waals surface area contributed by atoms with Crippen molar-refractivity contribution in [2.75, 3.05) is 26.8 Å². The number of carboxylic acids is 1. The molecule has 0 bridgehead atoms. The molecule has 0 aliphatic rings. The van der Waals surface area contributed by atoms with Crippen molar-refractivity contribution < 1.29 is 19.4 Å². The first-order valence-corrected chi connectivity index (χ1v) is 6.94. The van der Waals surface area contributed by atoms with E-state index in [4.69, 9.17) is 9.84 Å². The minimum absolute atomic E-state index is 0.0382. The number of carbonyl (C=O) groups is 2. The van der Waals surface area contributed by atoms with Crippen LogP contribution in [0.2, 0.25) is 0 Å². The third-order valence-corrected chi connectivity index (χ3v) is 3.24. The molecule has 0 aliphatic carbocycles. The predicted octanol–water partition coefficient (Wildman–Crippen LogP) is 2.04. The number of carboxylic acid groups (broad SMARTS) is 1. The Labute approximate surface area is 121 Å². The van der Waals surface area contributed by atoms with Gasteiger partial charge in [-0.3, -0.25) is 4.79 Å². The highest BCUT2D eigenvalue weighted by Gasteiger charge is 2.33. The molecule has 0 heterocycles. The molecule has 0 aromatic heterocycles. The lowest BCUT2D eigenvalue weighted by atomic mass is 10.1. The van der Waals surface area contributed by atoms with Crippen molar-refractivity contribution in [3.8, 4) is 0 Å². The van der Waals surface area contributed by atoms with Gasteiger partial charge in [0.1, 0.15) is 6.54 Å². The smallest absolute Gasteiger partial charge is 0.323 e. The Morgan fingerprint density at radius 2 is 1.85 bits per heavy atom. The van der Waals surface area contributed by atoms with Crippen LogP contribution in [0.5, 0.6) is 0 Å². The average Bonchev–Trinajstić information content (AvgIpc) is 2.34. The van der Waals surface area contributed by atoms with Gasteiger partial charge in [-0.15, -0.1) is 0 Å². The molecule has 0 rings (SSSR count). The molecule has 0 aliphatic heterocycles. The first-order valence-electron chi connectivity index (χ1n) is 6.94. The minimum atomic E-state index is -1.01. The van der Waals surface area contributed by atoms with Gasteiger partial charge in [-0.05, 0) is 34.1 Å². The van der Waals surface area contributed by atoms with Gasteiger partial charge in [0.25, 0.3) is 0 Å². The molecule has 6 heteroatoms. The minimum Gasteiger partial charge on any atom is -0.480 e. The van der Waals surface area contributed by atoms with Gasteiger partial charge in [0.05, 0.1) is 6.61 Å². The number of amides is 2. The van der Waals surface area contributed by atoms with Crippen molar-refractivity contribution in [3.05, 3.63) is 0 Å². The van der Waals surface area contributed by atoms with Gasteiger partial charge in [-0.25, -0.2) is 4.79 Å². The molecule has 20 heavy (non-hydrogen) atoms. The molecular formula is C14H28N2O4. The van der Waals surface area contributed by atoms with Gasteiger partial charge in [0.15, 0.2) is 0 Å². The van der Waals surface area contributed by atoms with Crippen LogP contribution in [0.3, 0.4) is 0 Å². The second-order valence-corrected chi connectivity index (χ2v) is 5.88. The van der Waals surface area contributed by atoms with Gasteiger partial charge in [-0.1, -0.05) is 6.92 Å². The number of hydrogen-bond donors (Lipinski definition) is 1. The van der Waals surface area contributed by atoms with E-state index in [1.54, 1.807) is 12.0 Å². The largest absolute Gasteiger partial charge is 0.480 e. The Balaban J connectivity index is 5.18. The number of rotatable bonds is 7. The van der Waals surface area contributed by atoms with Crippen LogP contribution >= 0.6 is 0 Å². The molecule has 118 valence electrons. The summed E-state index contributed by atoms with van der Waals surface area (Å²) >= 11 is 0. The molecule has 0 saturated carbocycles. The monoisotopic (exact) mass is 288 g/mol. The third kappa shape index (κ3) is 5.77. The zero-order chi connectivity index (χ0) is 15.9. The highest BCUT2D eigenvalue weighted by Crippen LogP contribution is 2.18. The molecule has 0 aromatic carbocycles. The van der Waals surface area contributed by atoms with E-state index in [1.165, 1.54) is 4.90 Å². The summed E-state index contributed by atoms with van der Waals surface area (Å²) in [7, 11) is 1.58. The summed E-state index contributed by atoms with van der Waals surface area (Å²) in [5.74, 6) is -1.01. The fraction of sp³-hybridized carbons (Fsp3) is 0.857. The van der Waals surface area contributed by atoms with Crippen LogP contribution in [0, 0.1) is 0 Å². The van der Waals surface area contributed by atoms with Crippen molar-refractivity contribution in [3.63, 3.8) is 0 Å². The molecule has 1 N–H and O–H groups in total. The highest BCUT2D eigenvalue weighted by atomic mass is 16.5. The molecule has 6 nitrogen and oxygen atoms in total. The van der Waals surface area contributed by atoms with Gasteiger partial charge in [-0.2, -0.15) is 0 Å². The molecule has 0 spiro atoms.